The van der Waals surface area contributed by atoms with Gasteiger partial charge in [-0.05, 0) is 55.9 Å². The van der Waals surface area contributed by atoms with Gasteiger partial charge in [-0.25, -0.2) is 4.98 Å². The summed E-state index contributed by atoms with van der Waals surface area (Å²) >= 11 is 1.79. The van der Waals surface area contributed by atoms with Gasteiger partial charge in [-0.3, -0.25) is 0 Å². The van der Waals surface area contributed by atoms with E-state index in [2.05, 4.69) is 72.9 Å². The number of hydrogen-bond acceptors (Lipinski definition) is 8. The number of hydrogen-bond donors (Lipinski definition) is 4. The van der Waals surface area contributed by atoms with Crippen LogP contribution in [-0.4, -0.2) is 41.9 Å². The Hall–Kier alpha value is -2.84. The summed E-state index contributed by atoms with van der Waals surface area (Å²) in [6.45, 7) is 2.89. The maximum atomic E-state index is 4.90. The molecule has 30 heavy (non-hydrogen) atoms. The van der Waals surface area contributed by atoms with Crippen LogP contribution in [0.5, 0.6) is 0 Å². The Bertz CT molecular complexity index is 941. The van der Waals surface area contributed by atoms with Gasteiger partial charge in [-0.1, -0.05) is 24.3 Å². The Kier molecular flexibility index (Phi) is 5.67. The highest BCUT2D eigenvalue weighted by Crippen LogP contribution is 2.36. The molecule has 2 aromatic heterocycles. The van der Waals surface area contributed by atoms with Crippen molar-refractivity contribution in [3.8, 4) is 0 Å². The molecule has 4 heterocycles. The van der Waals surface area contributed by atoms with Crippen LogP contribution in [0.4, 0.5) is 23.1 Å². The molecule has 156 valence electrons. The molecule has 2 aliphatic rings. The molecule has 7 nitrogen and oxygen atoms in total. The Morgan fingerprint density at radius 3 is 2.77 bits per heavy atom. The van der Waals surface area contributed by atoms with E-state index in [1.54, 1.807) is 11.3 Å². The van der Waals surface area contributed by atoms with E-state index in [0.29, 0.717) is 12.0 Å². The standard InChI is InChI=1S/C22H27N7S/c1-2-5-16(6-3-1)26-22-27-19-15-25-21(24-13-10-18-7-4-14-30-18)28-20(19)29(22)17-8-11-23-12-9-17/h1-7,14-15,17,22-23,26-27H,8-13H2,(H,24,25,28). The van der Waals surface area contributed by atoms with Crippen LogP contribution in [0.2, 0.25) is 0 Å². The zero-order valence-corrected chi connectivity index (χ0v) is 17.7. The number of piperidine rings is 1. The third-order valence-electron chi connectivity index (χ3n) is 5.60. The Morgan fingerprint density at radius 1 is 1.10 bits per heavy atom. The number of rotatable bonds is 7. The van der Waals surface area contributed by atoms with E-state index in [0.717, 1.165) is 56.1 Å². The highest BCUT2D eigenvalue weighted by Gasteiger charge is 2.36. The molecule has 1 aromatic carbocycles. The number of thiophene rings is 1. The fourth-order valence-electron chi connectivity index (χ4n) is 4.11. The molecule has 1 unspecified atom stereocenters. The first kappa shape index (κ1) is 19.1. The van der Waals surface area contributed by atoms with E-state index in [9.17, 15) is 0 Å². The highest BCUT2D eigenvalue weighted by atomic mass is 32.1. The van der Waals surface area contributed by atoms with Crippen molar-refractivity contribution in [2.75, 3.05) is 40.5 Å². The quantitative estimate of drug-likeness (QED) is 0.465. The van der Waals surface area contributed by atoms with Crippen molar-refractivity contribution in [2.24, 2.45) is 0 Å². The average molecular weight is 422 g/mol. The number of benzene rings is 1. The normalized spacial score (nSPS) is 18.7. The SMILES string of the molecule is c1ccc(NC2Nc3cnc(NCCc4cccs4)nc3N2C2CCNCC2)cc1. The fourth-order valence-corrected chi connectivity index (χ4v) is 4.82. The molecule has 1 fully saturated rings. The molecule has 0 aliphatic carbocycles. The molecule has 5 rings (SSSR count). The first-order valence-corrected chi connectivity index (χ1v) is 11.5. The van der Waals surface area contributed by atoms with E-state index in [4.69, 9.17) is 4.98 Å². The minimum atomic E-state index is -0.0406. The number of nitrogens with zero attached hydrogens (tertiary/aromatic N) is 3. The van der Waals surface area contributed by atoms with Crippen LogP contribution < -0.4 is 26.2 Å². The van der Waals surface area contributed by atoms with Crippen molar-refractivity contribution in [1.82, 2.24) is 15.3 Å². The number of nitrogens with one attached hydrogen (secondary N) is 4. The number of fused-ring (bicyclic) bond motifs is 1. The van der Waals surface area contributed by atoms with E-state index >= 15 is 0 Å². The molecule has 1 atom stereocenters. The van der Waals surface area contributed by atoms with Crippen molar-refractivity contribution < 1.29 is 0 Å². The van der Waals surface area contributed by atoms with Crippen LogP contribution in [0.15, 0.2) is 54.0 Å². The van der Waals surface area contributed by atoms with Gasteiger partial charge in [-0.2, -0.15) is 4.98 Å². The number of anilines is 4. The van der Waals surface area contributed by atoms with E-state index in [1.807, 2.05) is 12.3 Å². The van der Waals surface area contributed by atoms with Gasteiger partial charge >= 0.3 is 0 Å². The van der Waals surface area contributed by atoms with Crippen LogP contribution in [-0.2, 0) is 6.42 Å². The number of aromatic nitrogens is 2. The largest absolute Gasteiger partial charge is 0.354 e. The van der Waals surface area contributed by atoms with Crippen LogP contribution in [0, 0.1) is 0 Å². The molecule has 0 amide bonds. The molecule has 4 N–H and O–H groups in total. The lowest BCUT2D eigenvalue weighted by Gasteiger charge is -2.37. The van der Waals surface area contributed by atoms with Crippen LogP contribution in [0.25, 0.3) is 0 Å². The van der Waals surface area contributed by atoms with Crippen molar-refractivity contribution in [2.45, 2.75) is 31.6 Å². The van der Waals surface area contributed by atoms with Gasteiger partial charge in [0.1, 0.15) is 0 Å². The Balaban J connectivity index is 1.35. The van der Waals surface area contributed by atoms with Crippen molar-refractivity contribution in [3.63, 3.8) is 0 Å². The van der Waals surface area contributed by atoms with Crippen LogP contribution in [0.3, 0.4) is 0 Å². The van der Waals surface area contributed by atoms with Crippen molar-refractivity contribution in [1.29, 1.82) is 0 Å². The summed E-state index contributed by atoms with van der Waals surface area (Å²) in [5.74, 6) is 1.66. The first-order valence-electron chi connectivity index (χ1n) is 10.6. The molecule has 0 spiro atoms. The first-order chi connectivity index (χ1) is 14.9. The van der Waals surface area contributed by atoms with Gasteiger partial charge in [-0.15, -0.1) is 11.3 Å². The van der Waals surface area contributed by atoms with Crippen LogP contribution in [0.1, 0.15) is 17.7 Å². The van der Waals surface area contributed by atoms with E-state index < -0.39 is 0 Å². The minimum Gasteiger partial charge on any atom is -0.354 e. The lowest BCUT2D eigenvalue weighted by atomic mass is 10.1. The third-order valence-corrected chi connectivity index (χ3v) is 6.53. The van der Waals surface area contributed by atoms with Gasteiger partial charge < -0.3 is 26.2 Å². The van der Waals surface area contributed by atoms with Crippen LogP contribution >= 0.6 is 11.3 Å². The second-order valence-corrected chi connectivity index (χ2v) is 8.66. The van der Waals surface area contributed by atoms with Gasteiger partial charge in [0, 0.05) is 23.2 Å². The van der Waals surface area contributed by atoms with Crippen molar-refractivity contribution in [3.05, 3.63) is 58.9 Å². The minimum absolute atomic E-state index is 0.0406. The summed E-state index contributed by atoms with van der Waals surface area (Å²) in [4.78, 5) is 13.2. The molecule has 8 heteroatoms. The summed E-state index contributed by atoms with van der Waals surface area (Å²) in [5, 5.41) is 16.2. The molecule has 3 aromatic rings. The maximum Gasteiger partial charge on any atom is 0.224 e. The van der Waals surface area contributed by atoms with Crippen molar-refractivity contribution >= 4 is 34.5 Å². The second-order valence-electron chi connectivity index (χ2n) is 7.63. The van der Waals surface area contributed by atoms with Gasteiger partial charge in [0.05, 0.1) is 11.9 Å². The third kappa shape index (κ3) is 4.20. The molecule has 1 saturated heterocycles. The maximum absolute atomic E-state index is 4.90. The molecule has 0 radical (unpaired) electrons. The Morgan fingerprint density at radius 2 is 1.97 bits per heavy atom. The summed E-state index contributed by atoms with van der Waals surface area (Å²) in [6, 6.07) is 15.0. The summed E-state index contributed by atoms with van der Waals surface area (Å²) in [7, 11) is 0. The van der Waals surface area contributed by atoms with Gasteiger partial charge in [0.2, 0.25) is 5.95 Å². The summed E-state index contributed by atoms with van der Waals surface area (Å²) in [5.41, 5.74) is 2.06. The highest BCUT2D eigenvalue weighted by molar-refractivity contribution is 7.09. The van der Waals surface area contributed by atoms with Gasteiger partial charge in [0.25, 0.3) is 0 Å². The van der Waals surface area contributed by atoms with E-state index in [1.165, 1.54) is 4.88 Å². The van der Waals surface area contributed by atoms with Gasteiger partial charge in [0.15, 0.2) is 12.1 Å². The molecular weight excluding hydrogens is 394 g/mol. The summed E-state index contributed by atoms with van der Waals surface area (Å²) in [6.07, 6.45) is 5.03. The smallest absolute Gasteiger partial charge is 0.224 e. The lowest BCUT2D eigenvalue weighted by Crippen LogP contribution is -2.51. The van der Waals surface area contributed by atoms with E-state index in [-0.39, 0.29) is 6.29 Å². The lowest BCUT2D eigenvalue weighted by molar-refractivity contribution is 0.420. The predicted octanol–water partition coefficient (Wildman–Crippen LogP) is 3.57. The molecule has 0 saturated carbocycles. The number of para-hydroxylation sites is 1. The summed E-state index contributed by atoms with van der Waals surface area (Å²) < 4.78 is 0. The predicted molar refractivity (Wildman–Crippen MR) is 124 cm³/mol. The zero-order valence-electron chi connectivity index (χ0n) is 16.8. The zero-order chi connectivity index (χ0) is 20.2. The topological polar surface area (TPSA) is 77.1 Å². The monoisotopic (exact) mass is 421 g/mol. The fraction of sp³-hybridized carbons (Fsp3) is 0.364. The molecule has 0 bridgehead atoms. The second kappa shape index (κ2) is 8.89. The Labute approximate surface area is 180 Å². The molecular formula is C22H27N7S. The molecule has 2 aliphatic heterocycles. The average Bonchev–Trinajstić information content (AvgIpc) is 3.42.